The maximum absolute atomic E-state index is 6.87. The second kappa shape index (κ2) is 14.2. The van der Waals surface area contributed by atoms with Gasteiger partial charge in [-0.15, -0.1) is 0 Å². The Hall–Kier alpha value is -7.24. The third-order valence-electron chi connectivity index (χ3n) is 13.2. The van der Waals surface area contributed by atoms with E-state index in [9.17, 15) is 0 Å². The molecular formula is C56H45N3O2. The van der Waals surface area contributed by atoms with Crippen LogP contribution >= 0.6 is 0 Å². The summed E-state index contributed by atoms with van der Waals surface area (Å²) in [6, 6.07) is 49.4. The van der Waals surface area contributed by atoms with E-state index in [0.717, 1.165) is 74.5 Å². The summed E-state index contributed by atoms with van der Waals surface area (Å²) in [5, 5.41) is 4.74. The summed E-state index contributed by atoms with van der Waals surface area (Å²) in [6.07, 6.45) is 20.4. The molecule has 2 aromatic heterocycles. The van der Waals surface area contributed by atoms with Crippen molar-refractivity contribution in [1.29, 1.82) is 0 Å². The van der Waals surface area contributed by atoms with E-state index < -0.39 is 0 Å². The summed E-state index contributed by atoms with van der Waals surface area (Å²) in [7, 11) is 0. The number of ether oxygens (including phenoxy) is 2. The van der Waals surface area contributed by atoms with E-state index in [1.165, 1.54) is 33.3 Å². The van der Waals surface area contributed by atoms with Gasteiger partial charge in [-0.1, -0.05) is 98.8 Å². The van der Waals surface area contributed by atoms with Gasteiger partial charge in [0.1, 0.15) is 23.0 Å². The molecule has 0 N–H and O–H groups in total. The molecule has 1 saturated heterocycles. The molecule has 0 spiro atoms. The lowest BCUT2D eigenvalue weighted by molar-refractivity contribution is 0.328. The molecule has 3 aliphatic carbocycles. The Bertz CT molecular complexity index is 3250. The second-order valence-corrected chi connectivity index (χ2v) is 17.0. The molecule has 61 heavy (non-hydrogen) atoms. The van der Waals surface area contributed by atoms with Crippen molar-refractivity contribution in [2.45, 2.75) is 32.7 Å². The third-order valence-corrected chi connectivity index (χ3v) is 13.2. The van der Waals surface area contributed by atoms with Gasteiger partial charge < -0.3 is 23.5 Å². The fourth-order valence-electron chi connectivity index (χ4n) is 10.3. The number of hydrogen-bond acceptors (Lipinski definition) is 3. The lowest BCUT2D eigenvalue weighted by atomic mass is 9.80. The maximum Gasteiger partial charge on any atom is 0.129 e. The molecule has 4 atom stereocenters. The van der Waals surface area contributed by atoms with Gasteiger partial charge in [0.25, 0.3) is 0 Å². The smallest absolute Gasteiger partial charge is 0.129 e. The molecule has 0 radical (unpaired) electrons. The van der Waals surface area contributed by atoms with Crippen molar-refractivity contribution in [3.63, 3.8) is 0 Å². The number of benzene rings is 6. The van der Waals surface area contributed by atoms with Crippen molar-refractivity contribution in [2.24, 2.45) is 17.8 Å². The molecule has 8 aromatic rings. The first-order valence-corrected chi connectivity index (χ1v) is 21.6. The van der Waals surface area contributed by atoms with Gasteiger partial charge in [-0.05, 0) is 109 Å². The number of nitrogens with zero attached hydrogens (tertiary/aromatic N) is 3. The average Bonchev–Trinajstić information content (AvgIpc) is 3.92. The highest BCUT2D eigenvalue weighted by molar-refractivity contribution is 6.11. The zero-order valence-corrected chi connectivity index (χ0v) is 34.3. The Balaban J connectivity index is 0.903. The van der Waals surface area contributed by atoms with Crippen molar-refractivity contribution in [2.75, 3.05) is 0 Å². The lowest BCUT2D eigenvalue weighted by Gasteiger charge is -2.33. The zero-order valence-electron chi connectivity index (χ0n) is 34.3. The van der Waals surface area contributed by atoms with Gasteiger partial charge >= 0.3 is 0 Å². The number of likely N-dealkylation sites (tertiary alicyclic amines) is 1. The van der Waals surface area contributed by atoms with Gasteiger partial charge in [0.15, 0.2) is 0 Å². The Morgan fingerprint density at radius 3 is 1.74 bits per heavy atom. The quantitative estimate of drug-likeness (QED) is 0.161. The molecule has 12 rings (SSSR count). The number of fused-ring (bicyclic) bond motifs is 9. The van der Waals surface area contributed by atoms with Crippen molar-refractivity contribution in [3.8, 4) is 28.6 Å². The van der Waals surface area contributed by atoms with Gasteiger partial charge in [-0.2, -0.15) is 0 Å². The minimum Gasteiger partial charge on any atom is -0.462 e. The van der Waals surface area contributed by atoms with Crippen LogP contribution in [0.4, 0.5) is 0 Å². The fourth-order valence-corrected chi connectivity index (χ4v) is 10.3. The summed E-state index contributed by atoms with van der Waals surface area (Å²) in [5.74, 6) is 4.78. The van der Waals surface area contributed by atoms with Crippen molar-refractivity contribution >= 4 is 43.6 Å². The van der Waals surface area contributed by atoms with E-state index in [0.29, 0.717) is 17.8 Å². The van der Waals surface area contributed by atoms with Gasteiger partial charge in [-0.3, -0.25) is 0 Å². The monoisotopic (exact) mass is 791 g/mol. The van der Waals surface area contributed by atoms with E-state index >= 15 is 0 Å². The molecule has 5 heteroatoms. The van der Waals surface area contributed by atoms with E-state index in [4.69, 9.17) is 9.47 Å². The number of hydrogen-bond donors (Lipinski definition) is 0. The van der Waals surface area contributed by atoms with Crippen LogP contribution < -0.4 is 9.47 Å². The lowest BCUT2D eigenvalue weighted by Crippen LogP contribution is -2.30. The van der Waals surface area contributed by atoms with Crippen molar-refractivity contribution in [1.82, 2.24) is 14.0 Å². The highest BCUT2D eigenvalue weighted by Gasteiger charge is 2.45. The predicted octanol–water partition coefficient (Wildman–Crippen LogP) is 14.1. The molecule has 4 unspecified atom stereocenters. The normalized spacial score (nSPS) is 20.7. The molecule has 6 aromatic carbocycles. The van der Waals surface area contributed by atoms with Crippen LogP contribution in [0.25, 0.3) is 55.0 Å². The molecule has 1 aliphatic heterocycles. The molecule has 0 saturated carbocycles. The molecule has 5 nitrogen and oxygen atoms in total. The largest absolute Gasteiger partial charge is 0.462 e. The van der Waals surface area contributed by atoms with Gasteiger partial charge in [0.2, 0.25) is 0 Å². The van der Waals surface area contributed by atoms with E-state index in [2.05, 4.69) is 216 Å². The fraction of sp³-hybridized carbons (Fsp3) is 0.143. The SMILES string of the molecule is CC1C=CC(N2C3=CC=CC(C)C3C3=CC=C(Oc4ccc5c6ccc(Oc7ccc8c9ccccc9n(-c9ccccc9)c8c7)cc6n(-c6ccccc6)c5c4)CC32)=CC1. The van der Waals surface area contributed by atoms with Crippen LogP contribution in [0.3, 0.4) is 0 Å². The second-order valence-electron chi connectivity index (χ2n) is 17.0. The molecule has 0 bridgehead atoms. The Kier molecular flexibility index (Phi) is 8.31. The maximum atomic E-state index is 6.87. The summed E-state index contributed by atoms with van der Waals surface area (Å²) in [6.45, 7) is 4.64. The summed E-state index contributed by atoms with van der Waals surface area (Å²) >= 11 is 0. The first-order valence-electron chi connectivity index (χ1n) is 21.6. The molecule has 3 heterocycles. The minimum absolute atomic E-state index is 0.225. The Morgan fingerprint density at radius 2 is 1.11 bits per heavy atom. The number of rotatable bonds is 7. The molecule has 296 valence electrons. The Morgan fingerprint density at radius 1 is 0.541 bits per heavy atom. The molecule has 4 aliphatic rings. The van der Waals surface area contributed by atoms with Gasteiger partial charge in [0, 0.05) is 74.9 Å². The van der Waals surface area contributed by atoms with Crippen LogP contribution in [0.2, 0.25) is 0 Å². The first kappa shape index (κ1) is 35.7. The van der Waals surface area contributed by atoms with E-state index in [1.807, 2.05) is 0 Å². The van der Waals surface area contributed by atoms with E-state index in [-0.39, 0.29) is 6.04 Å². The van der Waals surface area contributed by atoms with Crippen molar-refractivity contribution < 1.29 is 9.47 Å². The highest BCUT2D eigenvalue weighted by Crippen LogP contribution is 2.50. The number of aromatic nitrogens is 2. The Labute approximate surface area is 355 Å². The number of para-hydroxylation sites is 3. The molecular weight excluding hydrogens is 747 g/mol. The highest BCUT2D eigenvalue weighted by atomic mass is 16.5. The van der Waals surface area contributed by atoms with E-state index in [1.54, 1.807) is 0 Å². The van der Waals surface area contributed by atoms with Crippen LogP contribution in [0.15, 0.2) is 211 Å². The van der Waals surface area contributed by atoms with Gasteiger partial charge in [-0.25, -0.2) is 0 Å². The van der Waals surface area contributed by atoms with Crippen LogP contribution in [-0.4, -0.2) is 20.1 Å². The minimum atomic E-state index is 0.225. The summed E-state index contributed by atoms with van der Waals surface area (Å²) in [5.41, 5.74) is 10.8. The summed E-state index contributed by atoms with van der Waals surface area (Å²) in [4.78, 5) is 2.59. The first-order chi connectivity index (χ1) is 30.1. The van der Waals surface area contributed by atoms with Crippen molar-refractivity contribution in [3.05, 3.63) is 211 Å². The summed E-state index contributed by atoms with van der Waals surface area (Å²) < 4.78 is 18.3. The molecule has 0 amide bonds. The predicted molar refractivity (Wildman–Crippen MR) is 250 cm³/mol. The van der Waals surface area contributed by atoms with Crippen LogP contribution in [-0.2, 0) is 0 Å². The van der Waals surface area contributed by atoms with Crippen LogP contribution in [0.1, 0.15) is 26.7 Å². The average molecular weight is 792 g/mol. The van der Waals surface area contributed by atoms with Crippen LogP contribution in [0, 0.1) is 17.8 Å². The molecule has 1 fully saturated rings. The topological polar surface area (TPSA) is 31.6 Å². The number of allylic oxidation sites excluding steroid dienone is 9. The van der Waals surface area contributed by atoms with Gasteiger partial charge in [0.05, 0.1) is 28.1 Å². The third kappa shape index (κ3) is 5.90. The standard InChI is InChI=1S/C56H45N3O2/c1-36-20-22-40(23-21-36)58-51-19-11-12-37(2)56(51)49-31-27-44(35-55(49)58)61-43-26-30-48-47-29-25-42(33-53(47)59(54(48)34-43)39-15-7-4-8-16-39)60-41-24-28-46-45-17-9-10-18-50(45)57(52(46)32-41)38-13-5-3-6-14-38/h3-20,22-34,36-37,55-56H,21,35H2,1-2H3. The van der Waals surface area contributed by atoms with Crippen LogP contribution in [0.5, 0.6) is 17.2 Å². The zero-order chi connectivity index (χ0) is 40.6.